The molecule has 6 nitrogen and oxygen atoms in total. The number of amides is 1. The normalized spacial score (nSPS) is 10.4. The van der Waals surface area contributed by atoms with E-state index >= 15 is 0 Å². The lowest BCUT2D eigenvalue weighted by Crippen LogP contribution is -2.14. The third-order valence-electron chi connectivity index (χ3n) is 2.99. The van der Waals surface area contributed by atoms with Crippen molar-refractivity contribution in [1.29, 1.82) is 0 Å². The van der Waals surface area contributed by atoms with Crippen molar-refractivity contribution in [2.75, 3.05) is 17.3 Å². The number of aromatic nitrogens is 2. The zero-order chi connectivity index (χ0) is 15.9. The molecule has 0 aliphatic heterocycles. The highest BCUT2D eigenvalue weighted by atomic mass is 32.2. The van der Waals surface area contributed by atoms with Crippen LogP contribution in [0.1, 0.15) is 23.3 Å². The number of hydrogen-bond donors (Lipinski definition) is 2. The first-order valence-electron chi connectivity index (χ1n) is 6.79. The van der Waals surface area contributed by atoms with E-state index in [1.165, 1.54) is 10.7 Å². The lowest BCUT2D eigenvalue weighted by molar-refractivity contribution is -0.116. The van der Waals surface area contributed by atoms with Crippen LogP contribution in [0.4, 0.5) is 5.69 Å². The number of carboxylic acid groups (broad SMARTS) is 1. The number of benzene rings is 1. The Hall–Kier alpha value is -2.28. The van der Waals surface area contributed by atoms with Gasteiger partial charge in [-0.15, -0.1) is 0 Å². The molecule has 1 amide bonds. The van der Waals surface area contributed by atoms with Crippen LogP contribution < -0.4 is 5.32 Å². The summed E-state index contributed by atoms with van der Waals surface area (Å²) in [7, 11) is 0. The Morgan fingerprint density at radius 2 is 2.09 bits per heavy atom. The summed E-state index contributed by atoms with van der Waals surface area (Å²) in [5, 5.41) is 15.8. The van der Waals surface area contributed by atoms with Gasteiger partial charge in [-0.1, -0.05) is 12.1 Å². The molecule has 2 N–H and O–H groups in total. The Morgan fingerprint density at radius 3 is 2.77 bits per heavy atom. The van der Waals surface area contributed by atoms with Gasteiger partial charge in [-0.3, -0.25) is 4.79 Å². The molecule has 0 aliphatic carbocycles. The minimum atomic E-state index is -1.09. The summed E-state index contributed by atoms with van der Waals surface area (Å²) in [5.74, 6) is -0.208. The molecule has 0 atom stereocenters. The van der Waals surface area contributed by atoms with Crippen molar-refractivity contribution in [2.45, 2.75) is 12.8 Å². The van der Waals surface area contributed by atoms with Crippen LogP contribution in [0.3, 0.4) is 0 Å². The number of para-hydroxylation sites is 2. The maximum Gasteiger partial charge on any atom is 0.356 e. The van der Waals surface area contributed by atoms with E-state index in [4.69, 9.17) is 5.11 Å². The van der Waals surface area contributed by atoms with Crippen molar-refractivity contribution in [3.05, 3.63) is 42.2 Å². The van der Waals surface area contributed by atoms with Gasteiger partial charge in [0.1, 0.15) is 0 Å². The number of nitrogens with one attached hydrogen (secondary N) is 1. The van der Waals surface area contributed by atoms with Gasteiger partial charge in [-0.2, -0.15) is 16.9 Å². The van der Waals surface area contributed by atoms with Gasteiger partial charge in [-0.05, 0) is 36.6 Å². The number of hydrogen-bond acceptors (Lipinski definition) is 4. The van der Waals surface area contributed by atoms with Crippen LogP contribution >= 0.6 is 11.8 Å². The number of rotatable bonds is 7. The third-order valence-corrected chi connectivity index (χ3v) is 3.68. The van der Waals surface area contributed by atoms with E-state index in [0.717, 1.165) is 12.2 Å². The molecule has 7 heteroatoms. The van der Waals surface area contributed by atoms with Crippen LogP contribution in [-0.4, -0.2) is 38.8 Å². The summed E-state index contributed by atoms with van der Waals surface area (Å²) in [6.07, 6.45) is 4.84. The van der Waals surface area contributed by atoms with E-state index < -0.39 is 5.97 Å². The molecule has 0 saturated heterocycles. The minimum absolute atomic E-state index is 0.0406. The number of nitrogens with zero attached hydrogens (tertiary/aromatic N) is 2. The Balaban J connectivity index is 2.15. The van der Waals surface area contributed by atoms with Crippen LogP contribution in [0.15, 0.2) is 36.5 Å². The van der Waals surface area contributed by atoms with Gasteiger partial charge in [0.25, 0.3) is 0 Å². The predicted octanol–water partition coefficient (Wildman–Crippen LogP) is 2.65. The number of aromatic carboxylic acids is 1. The van der Waals surface area contributed by atoms with Crippen LogP contribution in [0.5, 0.6) is 0 Å². The second-order valence-corrected chi connectivity index (χ2v) is 5.60. The van der Waals surface area contributed by atoms with Crippen molar-refractivity contribution in [3.8, 4) is 5.69 Å². The van der Waals surface area contributed by atoms with Gasteiger partial charge in [-0.25, -0.2) is 9.48 Å². The summed E-state index contributed by atoms with van der Waals surface area (Å²) in [5.41, 5.74) is 1.20. The molecule has 0 radical (unpaired) electrons. The summed E-state index contributed by atoms with van der Waals surface area (Å²) in [6, 6.07) is 8.57. The molecule has 116 valence electrons. The van der Waals surface area contributed by atoms with Gasteiger partial charge < -0.3 is 10.4 Å². The van der Waals surface area contributed by atoms with E-state index in [-0.39, 0.29) is 11.6 Å². The van der Waals surface area contributed by atoms with Crippen LogP contribution in [0.25, 0.3) is 5.69 Å². The highest BCUT2D eigenvalue weighted by molar-refractivity contribution is 7.98. The monoisotopic (exact) mass is 319 g/mol. The summed E-state index contributed by atoms with van der Waals surface area (Å²) < 4.78 is 1.45. The lowest BCUT2D eigenvalue weighted by Gasteiger charge is -2.10. The number of thioether (sulfide) groups is 1. The van der Waals surface area contributed by atoms with E-state index in [0.29, 0.717) is 17.8 Å². The fourth-order valence-electron chi connectivity index (χ4n) is 1.94. The Kier molecular flexibility index (Phi) is 5.60. The van der Waals surface area contributed by atoms with Crippen molar-refractivity contribution < 1.29 is 14.7 Å². The van der Waals surface area contributed by atoms with Crippen LogP contribution in [0, 0.1) is 0 Å². The second kappa shape index (κ2) is 7.65. The quantitative estimate of drug-likeness (QED) is 0.767. The van der Waals surface area contributed by atoms with Gasteiger partial charge in [0.2, 0.25) is 5.91 Å². The molecular weight excluding hydrogens is 302 g/mol. The first-order valence-corrected chi connectivity index (χ1v) is 8.18. The van der Waals surface area contributed by atoms with Crippen molar-refractivity contribution >= 4 is 29.3 Å². The van der Waals surface area contributed by atoms with Crippen LogP contribution in [-0.2, 0) is 4.79 Å². The van der Waals surface area contributed by atoms with Gasteiger partial charge in [0.15, 0.2) is 5.69 Å². The van der Waals surface area contributed by atoms with Crippen molar-refractivity contribution in [3.63, 3.8) is 0 Å². The zero-order valence-corrected chi connectivity index (χ0v) is 13.0. The zero-order valence-electron chi connectivity index (χ0n) is 12.2. The fourth-order valence-corrected chi connectivity index (χ4v) is 2.37. The highest BCUT2D eigenvalue weighted by Crippen LogP contribution is 2.20. The molecule has 2 rings (SSSR count). The minimum Gasteiger partial charge on any atom is -0.476 e. The molecule has 0 fully saturated rings. The smallest absolute Gasteiger partial charge is 0.356 e. The molecule has 0 aliphatic rings. The van der Waals surface area contributed by atoms with E-state index in [9.17, 15) is 9.59 Å². The number of anilines is 1. The first kappa shape index (κ1) is 16.1. The molecule has 0 spiro atoms. The number of carbonyl (C=O) groups is 2. The van der Waals surface area contributed by atoms with E-state index in [2.05, 4.69) is 10.4 Å². The number of carboxylic acids is 1. The molecular formula is C15H17N3O3S. The second-order valence-electron chi connectivity index (χ2n) is 4.61. The molecule has 22 heavy (non-hydrogen) atoms. The highest BCUT2D eigenvalue weighted by Gasteiger charge is 2.11. The first-order chi connectivity index (χ1) is 10.6. The molecule has 0 unspecified atom stereocenters. The molecule has 2 aromatic rings. The molecule has 0 saturated carbocycles. The van der Waals surface area contributed by atoms with Crippen molar-refractivity contribution in [2.24, 2.45) is 0 Å². The van der Waals surface area contributed by atoms with Crippen molar-refractivity contribution in [1.82, 2.24) is 9.78 Å². The Labute approximate surface area is 132 Å². The third kappa shape index (κ3) is 4.11. The number of carbonyl (C=O) groups excluding carboxylic acids is 1. The summed E-state index contributed by atoms with van der Waals surface area (Å²) >= 11 is 1.71. The molecule has 1 aromatic heterocycles. The van der Waals surface area contributed by atoms with Gasteiger partial charge >= 0.3 is 5.97 Å². The SMILES string of the molecule is CSCCCC(=O)Nc1ccccc1-n1ccc(C(=O)O)n1. The van der Waals surface area contributed by atoms with E-state index in [1.807, 2.05) is 12.3 Å². The maximum atomic E-state index is 11.9. The Bertz CT molecular complexity index is 670. The van der Waals surface area contributed by atoms with Gasteiger partial charge in [0.05, 0.1) is 11.4 Å². The molecule has 1 aromatic carbocycles. The topological polar surface area (TPSA) is 84.2 Å². The largest absolute Gasteiger partial charge is 0.476 e. The fraction of sp³-hybridized carbons (Fsp3) is 0.267. The standard InChI is InChI=1S/C15H17N3O3S/c1-22-10-4-7-14(19)16-11-5-2-3-6-13(11)18-9-8-12(17-18)15(20)21/h2-3,5-6,8-9H,4,7,10H2,1H3,(H,16,19)(H,20,21). The Morgan fingerprint density at radius 1 is 1.32 bits per heavy atom. The van der Waals surface area contributed by atoms with Gasteiger partial charge in [0, 0.05) is 12.6 Å². The summed E-state index contributed by atoms with van der Waals surface area (Å²) in [6.45, 7) is 0. The summed E-state index contributed by atoms with van der Waals surface area (Å²) in [4.78, 5) is 22.8. The average molecular weight is 319 g/mol. The average Bonchev–Trinajstić information content (AvgIpc) is 2.98. The maximum absolute atomic E-state index is 11.9. The molecule has 0 bridgehead atoms. The van der Waals surface area contributed by atoms with E-state index in [1.54, 1.807) is 36.2 Å². The predicted molar refractivity (Wildman–Crippen MR) is 86.8 cm³/mol. The molecule has 1 heterocycles. The lowest BCUT2D eigenvalue weighted by atomic mass is 10.2. The van der Waals surface area contributed by atoms with Crippen LogP contribution in [0.2, 0.25) is 0 Å².